The lowest BCUT2D eigenvalue weighted by atomic mass is 9.70. The third-order valence-electron chi connectivity index (χ3n) is 13.0. The largest absolute Gasteiger partial charge is 0.309 e. The summed E-state index contributed by atoms with van der Waals surface area (Å²) in [5.74, 6) is 0. The minimum Gasteiger partial charge on any atom is -0.309 e. The second-order valence-corrected chi connectivity index (χ2v) is 15.8. The Morgan fingerprint density at radius 1 is 0.345 bits per heavy atom. The van der Waals surface area contributed by atoms with Crippen LogP contribution >= 0.6 is 0 Å². The monoisotopic (exact) mass is 734 g/mol. The van der Waals surface area contributed by atoms with Gasteiger partial charge in [-0.25, -0.2) is 4.98 Å². The van der Waals surface area contributed by atoms with Crippen LogP contribution < -0.4 is 0 Å². The Hall–Kier alpha value is -7.55. The van der Waals surface area contributed by atoms with Crippen molar-refractivity contribution in [2.75, 3.05) is 0 Å². The van der Waals surface area contributed by atoms with Crippen LogP contribution in [0.5, 0.6) is 0 Å². The molecular weight excluding hydrogens is 701 g/mol. The van der Waals surface area contributed by atoms with Crippen molar-refractivity contribution in [3.8, 4) is 50.3 Å². The third kappa shape index (κ3) is 4.08. The molecule has 2 aliphatic rings. The predicted octanol–water partition coefficient (Wildman–Crippen LogP) is 14.2. The molecule has 2 heterocycles. The minimum atomic E-state index is -0.384. The molecule has 0 atom stereocenters. The first kappa shape index (κ1) is 31.6. The summed E-state index contributed by atoms with van der Waals surface area (Å²) >= 11 is 0. The Morgan fingerprint density at radius 3 is 1.60 bits per heavy atom. The van der Waals surface area contributed by atoms with Gasteiger partial charge in [0.25, 0.3) is 0 Å². The topological polar surface area (TPSA) is 17.8 Å². The van der Waals surface area contributed by atoms with Gasteiger partial charge in [-0.2, -0.15) is 0 Å². The molecule has 0 aliphatic heterocycles. The minimum absolute atomic E-state index is 0.384. The number of para-hydroxylation sites is 2. The van der Waals surface area contributed by atoms with E-state index in [-0.39, 0.29) is 5.41 Å². The third-order valence-corrected chi connectivity index (χ3v) is 13.0. The summed E-state index contributed by atoms with van der Waals surface area (Å²) in [5, 5.41) is 6.01. The molecule has 2 heteroatoms. The molecule has 0 amide bonds. The van der Waals surface area contributed by atoms with E-state index in [0.717, 1.165) is 33.4 Å². The van der Waals surface area contributed by atoms with Gasteiger partial charge >= 0.3 is 0 Å². The Balaban J connectivity index is 1.07. The highest BCUT2D eigenvalue weighted by molar-refractivity contribution is 6.28. The number of pyridine rings is 1. The molecule has 0 N–H and O–H groups in total. The summed E-state index contributed by atoms with van der Waals surface area (Å²) in [5.41, 5.74) is 19.3. The van der Waals surface area contributed by atoms with Crippen LogP contribution in [0.3, 0.4) is 0 Å². The number of fused-ring (bicyclic) bond motifs is 17. The maximum Gasteiger partial charge on any atom is 0.0795 e. The van der Waals surface area contributed by atoms with Gasteiger partial charge in [-0.05, 0) is 97.4 Å². The van der Waals surface area contributed by atoms with E-state index in [4.69, 9.17) is 4.98 Å². The van der Waals surface area contributed by atoms with Crippen molar-refractivity contribution in [1.82, 2.24) is 9.55 Å². The highest BCUT2D eigenvalue weighted by atomic mass is 15.0. The highest BCUT2D eigenvalue weighted by Gasteiger charge is 2.51. The van der Waals surface area contributed by atoms with E-state index >= 15 is 0 Å². The lowest BCUT2D eigenvalue weighted by molar-refractivity contribution is 0.794. The van der Waals surface area contributed by atoms with E-state index in [2.05, 4.69) is 211 Å². The second kappa shape index (κ2) is 11.7. The summed E-state index contributed by atoms with van der Waals surface area (Å²) in [6.45, 7) is 0. The van der Waals surface area contributed by atoms with Crippen molar-refractivity contribution in [3.05, 3.63) is 229 Å². The van der Waals surface area contributed by atoms with Gasteiger partial charge < -0.3 is 4.57 Å². The zero-order valence-corrected chi connectivity index (χ0v) is 31.5. The fourth-order valence-electron chi connectivity index (χ4n) is 10.7. The van der Waals surface area contributed by atoms with Gasteiger partial charge in [0.05, 0.1) is 27.7 Å². The molecule has 0 unspecified atom stereocenters. The lowest BCUT2D eigenvalue weighted by Crippen LogP contribution is -2.25. The fraction of sp³-hybridized carbons (Fsp3) is 0.0179. The summed E-state index contributed by atoms with van der Waals surface area (Å²) in [6.07, 6.45) is 0. The molecule has 0 saturated heterocycles. The van der Waals surface area contributed by atoms with Crippen molar-refractivity contribution in [3.63, 3.8) is 0 Å². The van der Waals surface area contributed by atoms with E-state index in [1.54, 1.807) is 0 Å². The van der Waals surface area contributed by atoms with E-state index in [9.17, 15) is 0 Å². The molecule has 0 radical (unpaired) electrons. The molecule has 268 valence electrons. The molecule has 2 aromatic heterocycles. The van der Waals surface area contributed by atoms with Crippen molar-refractivity contribution in [1.29, 1.82) is 0 Å². The second-order valence-electron chi connectivity index (χ2n) is 15.8. The molecule has 58 heavy (non-hydrogen) atoms. The van der Waals surface area contributed by atoms with Crippen LogP contribution in [0.25, 0.3) is 93.8 Å². The molecule has 2 aliphatic carbocycles. The van der Waals surface area contributed by atoms with E-state index < -0.39 is 0 Å². The van der Waals surface area contributed by atoms with Crippen LogP contribution in [0.1, 0.15) is 22.3 Å². The number of nitrogens with zero attached hydrogens (tertiary/aromatic N) is 2. The Morgan fingerprint density at radius 2 is 0.897 bits per heavy atom. The van der Waals surface area contributed by atoms with Crippen molar-refractivity contribution < 1.29 is 0 Å². The predicted molar refractivity (Wildman–Crippen MR) is 241 cm³/mol. The number of hydrogen-bond donors (Lipinski definition) is 0. The van der Waals surface area contributed by atoms with Gasteiger partial charge in [-0.3, -0.25) is 0 Å². The molecule has 11 aromatic rings. The van der Waals surface area contributed by atoms with Gasteiger partial charge in [-0.15, -0.1) is 0 Å². The van der Waals surface area contributed by atoms with Gasteiger partial charge in [0.2, 0.25) is 0 Å². The van der Waals surface area contributed by atoms with Crippen LogP contribution in [-0.4, -0.2) is 9.55 Å². The Labute approximate surface area is 335 Å². The molecule has 0 saturated carbocycles. The van der Waals surface area contributed by atoms with Gasteiger partial charge in [-0.1, -0.05) is 170 Å². The Bertz CT molecular complexity index is 3440. The van der Waals surface area contributed by atoms with Crippen LogP contribution in [0.15, 0.2) is 206 Å². The summed E-state index contributed by atoms with van der Waals surface area (Å²) in [4.78, 5) is 5.62. The smallest absolute Gasteiger partial charge is 0.0795 e. The van der Waals surface area contributed by atoms with Gasteiger partial charge in [0.1, 0.15) is 0 Å². The maximum atomic E-state index is 5.62. The van der Waals surface area contributed by atoms with Crippen LogP contribution in [0, 0.1) is 0 Å². The standard InChI is InChI=1S/C56H34N2/c1-3-15-35(16-4-1)55-54-44(31-32-52-53(54)45-22-10-14-26-51(45)58(52)38-17-5-2-6-18-38)43-30-28-37(34-50(43)57-55)36-27-29-42-41-21-9-13-25-48(41)56(49(42)33-36)46-23-11-7-19-39(46)40-20-8-12-24-47(40)56/h1-34H. The first-order valence-electron chi connectivity index (χ1n) is 20.1. The average Bonchev–Trinajstić information content (AvgIpc) is 3.91. The number of rotatable bonds is 3. The molecule has 1 spiro atoms. The number of aromatic nitrogens is 2. The first-order valence-corrected chi connectivity index (χ1v) is 20.1. The zero-order chi connectivity index (χ0) is 38.0. The lowest BCUT2D eigenvalue weighted by Gasteiger charge is -2.30. The quantitative estimate of drug-likeness (QED) is 0.165. The van der Waals surface area contributed by atoms with Crippen LogP contribution in [0.4, 0.5) is 0 Å². The van der Waals surface area contributed by atoms with Crippen LogP contribution in [0.2, 0.25) is 0 Å². The summed E-state index contributed by atoms with van der Waals surface area (Å²) < 4.78 is 2.40. The van der Waals surface area contributed by atoms with Crippen molar-refractivity contribution >= 4 is 43.5 Å². The van der Waals surface area contributed by atoms with Gasteiger partial charge in [0.15, 0.2) is 0 Å². The number of benzene rings is 9. The Kier molecular flexibility index (Phi) is 6.40. The fourth-order valence-corrected chi connectivity index (χ4v) is 10.7. The molecule has 2 nitrogen and oxygen atoms in total. The molecule has 0 fully saturated rings. The first-order chi connectivity index (χ1) is 28.8. The average molecular weight is 735 g/mol. The molecule has 13 rings (SSSR count). The number of hydrogen-bond acceptors (Lipinski definition) is 1. The van der Waals surface area contributed by atoms with Crippen molar-refractivity contribution in [2.24, 2.45) is 0 Å². The summed E-state index contributed by atoms with van der Waals surface area (Å²) in [7, 11) is 0. The van der Waals surface area contributed by atoms with Crippen molar-refractivity contribution in [2.45, 2.75) is 5.41 Å². The normalized spacial score (nSPS) is 13.3. The SMILES string of the molecule is c1ccc(-c2nc3cc(-c4ccc5c(c4)C4(c6ccccc6-c6ccccc64)c4ccccc4-5)ccc3c3ccc4c(c5ccccc5n4-c4ccccc4)c23)cc1. The summed E-state index contributed by atoms with van der Waals surface area (Å²) in [6, 6.07) is 75.9. The van der Waals surface area contributed by atoms with Crippen LogP contribution in [-0.2, 0) is 5.41 Å². The highest BCUT2D eigenvalue weighted by Crippen LogP contribution is 2.63. The molecular formula is C56H34N2. The maximum absolute atomic E-state index is 5.62. The van der Waals surface area contributed by atoms with E-state index in [1.165, 1.54) is 82.6 Å². The van der Waals surface area contributed by atoms with Gasteiger partial charge in [0, 0.05) is 32.8 Å². The zero-order valence-electron chi connectivity index (χ0n) is 31.5. The molecule has 0 bridgehead atoms. The molecule has 9 aromatic carbocycles. The van der Waals surface area contributed by atoms with E-state index in [1.807, 2.05) is 0 Å². The van der Waals surface area contributed by atoms with E-state index in [0.29, 0.717) is 0 Å².